The summed E-state index contributed by atoms with van der Waals surface area (Å²) in [5, 5.41) is 0. The first kappa shape index (κ1) is 76.6. The van der Waals surface area contributed by atoms with Gasteiger partial charge in [-0.1, -0.05) is 98.5 Å². The number of allylic oxidation sites excluding steroid dienone is 4. The van der Waals surface area contributed by atoms with Crippen LogP contribution in [-0.4, -0.2) is 41.1 Å². The molecule has 0 heterocycles. The molecule has 0 spiro atoms. The van der Waals surface area contributed by atoms with Crippen LogP contribution in [0.15, 0.2) is 97.1 Å². The Kier molecular flexibility index (Phi) is 24.8. The van der Waals surface area contributed by atoms with Crippen molar-refractivity contribution < 1.29 is 125 Å². The fourth-order valence-electron chi connectivity index (χ4n) is 15.1. The van der Waals surface area contributed by atoms with Crippen LogP contribution in [0, 0.1) is 11.8 Å². The molecule has 28 heteroatoms. The molecule has 0 nitrogen and oxygen atoms in total. The number of rotatable bonds is 11. The third kappa shape index (κ3) is 19.5. The molecule has 519 valence electrons. The molecule has 4 aromatic rings. The second-order valence-electron chi connectivity index (χ2n) is 25.5. The summed E-state index contributed by atoms with van der Waals surface area (Å²) in [5.41, 5.74) is -25.3. The second-order valence-corrected chi connectivity index (χ2v) is 32.1. The summed E-state index contributed by atoms with van der Waals surface area (Å²) in [6.07, 6.45) is -8.79. The van der Waals surface area contributed by atoms with Crippen LogP contribution in [0.1, 0.15) is 179 Å². The van der Waals surface area contributed by atoms with Crippen molar-refractivity contribution in [2.75, 3.05) is 12.3 Å². The number of alkyl halides is 24. The fraction of sp³-hybridized carbons (Fsp3) is 0.569. The predicted octanol–water partition coefficient (Wildman–Crippen LogP) is 21.7. The van der Waals surface area contributed by atoms with Crippen molar-refractivity contribution in [2.45, 2.75) is 207 Å². The van der Waals surface area contributed by atoms with E-state index in [2.05, 4.69) is 24.3 Å². The quantitative estimate of drug-likeness (QED) is 0.0608. The van der Waals surface area contributed by atoms with Crippen LogP contribution < -0.4 is 21.9 Å². The smallest absolute Gasteiger partial charge is 0.194 e. The van der Waals surface area contributed by atoms with Gasteiger partial charge in [0.25, 0.3) is 0 Å². The van der Waals surface area contributed by atoms with E-state index in [4.69, 9.17) is 0 Å². The first-order valence-electron chi connectivity index (χ1n) is 31.1. The van der Waals surface area contributed by atoms with E-state index in [1.54, 1.807) is 141 Å². The zero-order valence-corrected chi connectivity index (χ0v) is 53.6. The van der Waals surface area contributed by atoms with Crippen molar-refractivity contribution in [3.8, 4) is 0 Å². The Morgan fingerprint density at radius 2 is 0.419 bits per heavy atom. The molecule has 2 bridgehead atoms. The third-order valence-corrected chi connectivity index (χ3v) is 28.1. The van der Waals surface area contributed by atoms with Crippen LogP contribution >= 0.6 is 15.8 Å². The Morgan fingerprint density at radius 3 is 0.548 bits per heavy atom. The van der Waals surface area contributed by atoms with Gasteiger partial charge in [0, 0.05) is 35.3 Å². The molecule has 0 aliphatic heterocycles. The van der Waals surface area contributed by atoms with Gasteiger partial charge in [-0.2, -0.15) is 127 Å². The molecule has 4 saturated carbocycles. The minimum atomic E-state index is -6.13. The molecule has 6 aliphatic carbocycles. The molecule has 0 atom stereocenters. The van der Waals surface area contributed by atoms with E-state index in [-0.39, 0.29) is 35.3 Å². The van der Waals surface area contributed by atoms with E-state index < -0.39 is 195 Å². The Balaban J connectivity index is 0.000000277. The maximum atomic E-state index is 14.2. The standard InChI is InChI=1S/C32H12BF24.C26H48P2.C7H8.Rh/c34-25(35,36)13-1-14(26(37,38)39)6-21(5-13)33(22-7-15(27(40,41)42)2-16(8-22)28(43,44)45,23-9-17(29(46,47)48)3-18(10-23)30(49,50)51)24-11-19(31(52,53)54)4-20(12-24)32(55,56)57;1-5-13-23(14-6-1)27(24-15-7-2-8-16-24)21-22-28(25-17-9-3-10-18-25)26-19-11-4-12-20-26;1-2-7-4-3-6(1)5-7;/h1-12H;23-26H,1-22H2;1-4,6-7H,5H2;/q-1;;;/p+2. The van der Waals surface area contributed by atoms with Gasteiger partial charge in [-0.3, -0.25) is 0 Å². The average molecular weight is 1480 g/mol. The monoisotopic (exact) mass is 1480 g/mol. The number of halogens is 24. The molecule has 0 aromatic heterocycles. The van der Waals surface area contributed by atoms with E-state index >= 15 is 0 Å². The largest absolute Gasteiger partial charge is 0.416 e. The molecule has 4 fully saturated rings. The Morgan fingerprint density at radius 1 is 0.258 bits per heavy atom. The molecule has 0 saturated heterocycles. The zero-order chi connectivity index (χ0) is 67.6. The summed E-state index contributed by atoms with van der Waals surface area (Å²) in [6.45, 7) is 0. The first-order valence-corrected chi connectivity index (χ1v) is 34.8. The summed E-state index contributed by atoms with van der Waals surface area (Å²) in [4.78, 5) is 0. The molecule has 0 N–H and O–H groups in total. The number of hydrogen-bond donors (Lipinski definition) is 0. The van der Waals surface area contributed by atoms with Gasteiger partial charge in [0.1, 0.15) is 6.15 Å². The topological polar surface area (TPSA) is 0 Å². The summed E-state index contributed by atoms with van der Waals surface area (Å²) >= 11 is 0. The van der Waals surface area contributed by atoms with Gasteiger partial charge in [0.2, 0.25) is 0 Å². The molecule has 6 aliphatic rings. The van der Waals surface area contributed by atoms with Gasteiger partial charge in [0.15, 0.2) is 0 Å². The van der Waals surface area contributed by atoms with Gasteiger partial charge >= 0.3 is 49.4 Å². The summed E-state index contributed by atoms with van der Waals surface area (Å²) in [5.74, 6) is 1.62. The molecular formula is C65H70BF24P2Rh+. The minimum Gasteiger partial charge on any atom is -0.194 e. The van der Waals surface area contributed by atoms with E-state index in [0.29, 0.717) is 0 Å². The van der Waals surface area contributed by atoms with Crippen LogP contribution in [0.3, 0.4) is 0 Å². The third-order valence-electron chi connectivity index (χ3n) is 19.4. The number of fused-ring (bicyclic) bond motifs is 2. The molecular weight excluding hydrogens is 1410 g/mol. The van der Waals surface area contributed by atoms with Gasteiger partial charge in [-0.25, -0.2) is 0 Å². The minimum absolute atomic E-state index is 0. The molecule has 0 amide bonds. The van der Waals surface area contributed by atoms with Crippen LogP contribution in [0.25, 0.3) is 0 Å². The van der Waals surface area contributed by atoms with Gasteiger partial charge in [-0.15, -0.1) is 0 Å². The van der Waals surface area contributed by atoms with E-state index in [1.165, 1.54) is 29.1 Å². The van der Waals surface area contributed by atoms with Gasteiger partial charge in [0.05, 0.1) is 79.5 Å². The maximum absolute atomic E-state index is 14.2. The SMILES string of the molecule is C1=CC2C=CC1C2.C1CCC([PH+](CC[PH+](C2CCCCC2)C2CCCCC2)C2CCCCC2)CC1.FC(F)(F)c1cc([B-](c2cc(C(F)(F)F)cc(C(F)(F)F)c2)(c2cc(C(F)(F)F)cc(C(F)(F)F)c2)c2cc(C(F)(F)F)cc(C(F)(F)F)c2)cc(C(F)(F)F)c1.[Rh]. The molecule has 0 unspecified atom stereocenters. The Hall–Kier alpha value is -3.77. The molecule has 4 aromatic carbocycles. The Labute approximate surface area is 539 Å². The van der Waals surface area contributed by atoms with Crippen molar-refractivity contribution >= 4 is 43.8 Å². The number of benzene rings is 4. The summed E-state index contributed by atoms with van der Waals surface area (Å²) < 4.78 is 341. The normalized spacial score (nSPS) is 20.4. The van der Waals surface area contributed by atoms with Crippen LogP contribution in [0.5, 0.6) is 0 Å². The van der Waals surface area contributed by atoms with Crippen molar-refractivity contribution in [1.29, 1.82) is 0 Å². The van der Waals surface area contributed by atoms with Gasteiger partial charge in [-0.05, 0) is 145 Å². The van der Waals surface area contributed by atoms with E-state index in [1.807, 2.05) is 0 Å². The average Bonchev–Trinajstić information content (AvgIpc) is 1.28. The van der Waals surface area contributed by atoms with Gasteiger partial charge < -0.3 is 0 Å². The first-order chi connectivity index (χ1) is 42.6. The molecule has 1 radical (unpaired) electrons. The van der Waals surface area contributed by atoms with Crippen molar-refractivity contribution in [2.24, 2.45) is 11.8 Å². The molecule has 10 rings (SSSR count). The van der Waals surface area contributed by atoms with Crippen LogP contribution in [-0.2, 0) is 68.9 Å². The van der Waals surface area contributed by atoms with Crippen LogP contribution in [0.2, 0.25) is 0 Å². The fourth-order valence-corrected chi connectivity index (χ4v) is 24.9. The zero-order valence-electron chi connectivity index (χ0n) is 49.9. The van der Waals surface area contributed by atoms with E-state index in [0.717, 1.165) is 11.8 Å². The molecule has 93 heavy (non-hydrogen) atoms. The van der Waals surface area contributed by atoms with Crippen molar-refractivity contribution in [3.63, 3.8) is 0 Å². The Bertz CT molecular complexity index is 2620. The second kappa shape index (κ2) is 30.1. The summed E-state index contributed by atoms with van der Waals surface area (Å²) in [6, 6.07) is -8.81. The number of hydrogen-bond acceptors (Lipinski definition) is 0. The predicted molar refractivity (Wildman–Crippen MR) is 314 cm³/mol. The van der Waals surface area contributed by atoms with E-state index in [9.17, 15) is 105 Å². The van der Waals surface area contributed by atoms with Crippen molar-refractivity contribution in [1.82, 2.24) is 0 Å². The maximum Gasteiger partial charge on any atom is 0.416 e. The summed E-state index contributed by atoms with van der Waals surface area (Å²) in [7, 11) is -0.182. The van der Waals surface area contributed by atoms with Crippen LogP contribution in [0.4, 0.5) is 105 Å². The van der Waals surface area contributed by atoms with Crippen molar-refractivity contribution in [3.05, 3.63) is 142 Å².